The molecule has 10 aromatic rings. The lowest BCUT2D eigenvalue weighted by atomic mass is 10.0. The van der Waals surface area contributed by atoms with E-state index in [1.54, 1.807) is 0 Å². The molecule has 55 heavy (non-hydrogen) atoms. The minimum atomic E-state index is 1.39. The summed E-state index contributed by atoms with van der Waals surface area (Å²) in [7, 11) is 0. The van der Waals surface area contributed by atoms with Crippen molar-refractivity contribution in [3.05, 3.63) is 113 Å². The van der Waals surface area contributed by atoms with E-state index in [1.165, 1.54) is 138 Å². The van der Waals surface area contributed by atoms with E-state index in [-0.39, 0.29) is 0 Å². The fourth-order valence-electron chi connectivity index (χ4n) is 8.01. The topological polar surface area (TPSA) is 0 Å². The van der Waals surface area contributed by atoms with Crippen LogP contribution < -0.4 is 0 Å². The number of hydrogen-bond donors (Lipinski definition) is 0. The van der Waals surface area contributed by atoms with Crippen molar-refractivity contribution >= 4 is 131 Å². The molecule has 0 nitrogen and oxygen atoms in total. The summed E-state index contributed by atoms with van der Waals surface area (Å²) < 4.78 is 5.75. The van der Waals surface area contributed by atoms with Gasteiger partial charge in [0.05, 0.1) is 0 Å². The van der Waals surface area contributed by atoms with Gasteiger partial charge in [0.25, 0.3) is 0 Å². The average molecular weight is 863 g/mol. The lowest BCUT2D eigenvalue weighted by molar-refractivity contribution is 1.51. The minimum Gasteiger partial charge on any atom is -0.139 e. The molecule has 278 valence electrons. The summed E-state index contributed by atoms with van der Waals surface area (Å²) in [6.07, 6.45) is 0. The standard InChI is InChI=1S/C24H22S4.C23H20S4/c1-11-7-13(3)25-21(11)19-9-17-15(5)24-18(16(6)23(17)27-19)10-20(28-24)22-12(2)8-14(4)26-22;1-11-6-13(3)24-21(11)19-9-16-8-18-17(15(5)23(16)27-19)10-20(26-18)22-12(2)7-14(4)25-22/h7-10H,1-6H3;6-10H,1-5H3. The van der Waals surface area contributed by atoms with E-state index in [1.807, 2.05) is 90.7 Å². The van der Waals surface area contributed by atoms with E-state index in [0.29, 0.717) is 0 Å². The monoisotopic (exact) mass is 862 g/mol. The van der Waals surface area contributed by atoms with Gasteiger partial charge in [0.2, 0.25) is 0 Å². The minimum absolute atomic E-state index is 1.39. The van der Waals surface area contributed by atoms with Crippen LogP contribution in [0.25, 0.3) is 79.4 Å². The van der Waals surface area contributed by atoms with Crippen LogP contribution in [0, 0.1) is 76.2 Å². The Bertz CT molecular complexity index is 2850. The van der Waals surface area contributed by atoms with Gasteiger partial charge in [-0.1, -0.05) is 0 Å². The molecule has 8 aromatic heterocycles. The number of aryl methyl sites for hydroxylation is 11. The first-order valence-electron chi connectivity index (χ1n) is 18.5. The van der Waals surface area contributed by atoms with Crippen LogP contribution in [0.3, 0.4) is 0 Å². The van der Waals surface area contributed by atoms with Crippen molar-refractivity contribution < 1.29 is 0 Å². The van der Waals surface area contributed by atoms with E-state index in [9.17, 15) is 0 Å². The summed E-state index contributed by atoms with van der Waals surface area (Å²) in [5.41, 5.74) is 9.90. The normalized spacial score (nSPS) is 11.9. The Morgan fingerprint density at radius 2 is 0.618 bits per heavy atom. The molecule has 0 aliphatic carbocycles. The van der Waals surface area contributed by atoms with Gasteiger partial charge in [-0.3, -0.25) is 0 Å². The molecule has 0 spiro atoms. The first-order chi connectivity index (χ1) is 26.2. The van der Waals surface area contributed by atoms with Crippen LogP contribution in [0.15, 0.2) is 54.6 Å². The maximum Gasteiger partial charge on any atom is 0.0475 e. The van der Waals surface area contributed by atoms with E-state index in [2.05, 4.69) is 131 Å². The summed E-state index contributed by atoms with van der Waals surface area (Å²) in [5.74, 6) is 0. The number of rotatable bonds is 4. The molecule has 2 aromatic carbocycles. The summed E-state index contributed by atoms with van der Waals surface area (Å²) in [5, 5.41) is 5.67. The maximum atomic E-state index is 2.43. The Morgan fingerprint density at radius 3 is 1.00 bits per heavy atom. The van der Waals surface area contributed by atoms with Crippen LogP contribution in [-0.4, -0.2) is 0 Å². The van der Waals surface area contributed by atoms with Crippen LogP contribution in [0.4, 0.5) is 0 Å². The molecule has 0 saturated carbocycles. The first kappa shape index (κ1) is 37.6. The van der Waals surface area contributed by atoms with Gasteiger partial charge in [0, 0.05) is 77.3 Å². The second kappa shape index (κ2) is 14.2. The van der Waals surface area contributed by atoms with Gasteiger partial charge in [0.15, 0.2) is 0 Å². The zero-order chi connectivity index (χ0) is 38.6. The van der Waals surface area contributed by atoms with Gasteiger partial charge >= 0.3 is 0 Å². The van der Waals surface area contributed by atoms with Crippen molar-refractivity contribution in [2.45, 2.75) is 76.2 Å². The molecular weight excluding hydrogens is 821 g/mol. The molecule has 0 radical (unpaired) electrons. The highest BCUT2D eigenvalue weighted by Gasteiger charge is 2.20. The predicted molar refractivity (Wildman–Crippen MR) is 260 cm³/mol. The van der Waals surface area contributed by atoms with E-state index in [4.69, 9.17) is 0 Å². The van der Waals surface area contributed by atoms with E-state index in [0.717, 1.165) is 0 Å². The number of fused-ring (bicyclic) bond motifs is 4. The second-order valence-corrected chi connectivity index (χ2v) is 24.3. The smallest absolute Gasteiger partial charge is 0.0475 e. The van der Waals surface area contributed by atoms with Crippen LogP contribution in [-0.2, 0) is 0 Å². The van der Waals surface area contributed by atoms with Crippen LogP contribution in [0.5, 0.6) is 0 Å². The molecule has 0 atom stereocenters. The molecule has 8 heteroatoms. The third kappa shape index (κ3) is 6.55. The molecule has 8 heterocycles. The number of benzene rings is 2. The molecule has 0 fully saturated rings. The summed E-state index contributed by atoms with van der Waals surface area (Å²) >= 11 is 15.5. The highest BCUT2D eigenvalue weighted by molar-refractivity contribution is 7.29. The third-order valence-electron chi connectivity index (χ3n) is 10.6. The number of thiophene rings is 8. The summed E-state index contributed by atoms with van der Waals surface area (Å²) in [6.45, 7) is 24.6. The molecule has 0 unspecified atom stereocenters. The van der Waals surface area contributed by atoms with Crippen molar-refractivity contribution in [3.8, 4) is 39.0 Å². The van der Waals surface area contributed by atoms with E-state index >= 15 is 0 Å². The molecule has 10 rings (SSSR count). The van der Waals surface area contributed by atoms with Gasteiger partial charge in [-0.15, -0.1) is 90.7 Å². The molecule has 0 bridgehead atoms. The van der Waals surface area contributed by atoms with Crippen molar-refractivity contribution in [3.63, 3.8) is 0 Å². The van der Waals surface area contributed by atoms with Crippen molar-refractivity contribution in [1.82, 2.24) is 0 Å². The van der Waals surface area contributed by atoms with Gasteiger partial charge in [-0.2, -0.15) is 0 Å². The quantitative estimate of drug-likeness (QED) is 0.165. The van der Waals surface area contributed by atoms with E-state index < -0.39 is 0 Å². The Hall–Kier alpha value is -2.92. The summed E-state index contributed by atoms with van der Waals surface area (Å²) in [6, 6.07) is 21.3. The third-order valence-corrected chi connectivity index (χ3v) is 20.8. The fourth-order valence-corrected chi connectivity index (χ4v) is 17.6. The van der Waals surface area contributed by atoms with Gasteiger partial charge in [-0.05, 0) is 191 Å². The van der Waals surface area contributed by atoms with Gasteiger partial charge < -0.3 is 0 Å². The Labute approximate surface area is 356 Å². The highest BCUT2D eigenvalue weighted by Crippen LogP contribution is 2.49. The van der Waals surface area contributed by atoms with Crippen molar-refractivity contribution in [1.29, 1.82) is 0 Å². The predicted octanol–water partition coefficient (Wildman–Crippen LogP) is 18.5. The second-order valence-electron chi connectivity index (χ2n) is 15.0. The van der Waals surface area contributed by atoms with Crippen molar-refractivity contribution in [2.75, 3.05) is 0 Å². The zero-order valence-electron chi connectivity index (χ0n) is 33.0. The molecular formula is C47H42S8. The van der Waals surface area contributed by atoms with Gasteiger partial charge in [-0.25, -0.2) is 0 Å². The Kier molecular flexibility index (Phi) is 9.70. The van der Waals surface area contributed by atoms with Gasteiger partial charge in [0.1, 0.15) is 0 Å². The summed E-state index contributed by atoms with van der Waals surface area (Å²) in [4.78, 5) is 17.0. The Morgan fingerprint density at radius 1 is 0.291 bits per heavy atom. The van der Waals surface area contributed by atoms with Crippen LogP contribution >= 0.6 is 90.7 Å². The molecule has 0 amide bonds. The lowest BCUT2D eigenvalue weighted by Gasteiger charge is -2.03. The Balaban J connectivity index is 0.000000144. The number of hydrogen-bond acceptors (Lipinski definition) is 8. The molecule has 0 aliphatic rings. The zero-order valence-corrected chi connectivity index (χ0v) is 39.5. The molecule has 0 N–H and O–H groups in total. The lowest BCUT2D eigenvalue weighted by Crippen LogP contribution is -1.79. The SMILES string of the molecule is Cc1cc(C)c(-c2cc3c(C)c4sc(-c5sc(C)cc5C)cc4c(C)c3s2)s1.Cc1cc(C)c(-c2cc3c(C)c4sc(-c5sc(C)cc5C)cc4cc3s2)s1. The maximum absolute atomic E-state index is 2.43. The molecule has 0 saturated heterocycles. The van der Waals surface area contributed by atoms with Crippen LogP contribution in [0.2, 0.25) is 0 Å². The first-order valence-corrected chi connectivity index (χ1v) is 25.0. The molecule has 0 aliphatic heterocycles. The average Bonchev–Trinajstić information content (AvgIpc) is 3.97. The highest BCUT2D eigenvalue weighted by atomic mass is 32.1. The fraction of sp³-hybridized carbons (Fsp3) is 0.234. The largest absolute Gasteiger partial charge is 0.139 e. The van der Waals surface area contributed by atoms with Crippen LogP contribution in [0.1, 0.15) is 58.5 Å². The van der Waals surface area contributed by atoms with Crippen molar-refractivity contribution in [2.24, 2.45) is 0 Å².